The van der Waals surface area contributed by atoms with Gasteiger partial charge in [0.05, 0.1) is 6.20 Å². The number of hydrogen-bond acceptors (Lipinski definition) is 4. The van der Waals surface area contributed by atoms with Gasteiger partial charge in [-0.3, -0.25) is 0 Å². The second-order valence-electron chi connectivity index (χ2n) is 2.33. The molecule has 66 valence electrons. The second kappa shape index (κ2) is 2.98. The summed E-state index contributed by atoms with van der Waals surface area (Å²) in [6, 6.07) is 1.65. The van der Waals surface area contributed by atoms with Gasteiger partial charge in [0.25, 0.3) is 0 Å². The largest absolute Gasteiger partial charge is 0.358 e. The van der Waals surface area contributed by atoms with Gasteiger partial charge in [-0.2, -0.15) is 0 Å². The maximum atomic E-state index is 10.5. The van der Waals surface area contributed by atoms with Crippen molar-refractivity contribution >= 4 is 17.2 Å². The molecule has 2 heterocycles. The Labute approximate surface area is 77.2 Å². The van der Waals surface area contributed by atoms with Gasteiger partial charge in [0.2, 0.25) is 0 Å². The van der Waals surface area contributed by atoms with Gasteiger partial charge in [-0.15, -0.1) is 11.3 Å². The molecule has 2 rings (SSSR count). The number of H-pyrrole nitrogens is 1. The normalized spacial score (nSPS) is 10.2. The van der Waals surface area contributed by atoms with Crippen LogP contribution < -0.4 is 0 Å². The predicted molar refractivity (Wildman–Crippen MR) is 48.6 cm³/mol. The van der Waals surface area contributed by atoms with Gasteiger partial charge in [-0.25, -0.2) is 9.97 Å². The highest BCUT2D eigenvalue weighted by Gasteiger charge is 2.16. The van der Waals surface area contributed by atoms with Gasteiger partial charge in [-0.1, -0.05) is 0 Å². The molecule has 0 aromatic carbocycles. The lowest BCUT2D eigenvalue weighted by molar-refractivity contribution is -0.388. The highest BCUT2D eigenvalue weighted by atomic mass is 32.1. The van der Waals surface area contributed by atoms with Gasteiger partial charge >= 0.3 is 5.82 Å². The molecular weight excluding hydrogens is 190 g/mol. The molecule has 0 amide bonds. The van der Waals surface area contributed by atoms with Crippen molar-refractivity contribution in [3.05, 3.63) is 34.0 Å². The molecule has 2 aromatic rings. The number of hydrogen-bond donors (Lipinski definition) is 1. The topological polar surface area (TPSA) is 71.8 Å². The molecule has 0 bridgehead atoms. The van der Waals surface area contributed by atoms with E-state index in [1.54, 1.807) is 17.6 Å². The molecule has 0 radical (unpaired) electrons. The van der Waals surface area contributed by atoms with E-state index in [1.807, 2.05) is 0 Å². The maximum Gasteiger partial charge on any atom is 0.331 e. The first kappa shape index (κ1) is 7.93. The van der Waals surface area contributed by atoms with Gasteiger partial charge in [0, 0.05) is 11.6 Å². The summed E-state index contributed by atoms with van der Waals surface area (Å²) in [4.78, 5) is 16.6. The highest BCUT2D eigenvalue weighted by molar-refractivity contribution is 7.13. The summed E-state index contributed by atoms with van der Waals surface area (Å²) in [6.07, 6.45) is 3.16. The Morgan fingerprint density at radius 1 is 1.62 bits per heavy atom. The van der Waals surface area contributed by atoms with Crippen molar-refractivity contribution in [3.8, 4) is 10.6 Å². The number of thiazole rings is 1. The van der Waals surface area contributed by atoms with Crippen LogP contribution in [0.15, 0.2) is 23.8 Å². The molecule has 0 atom stereocenters. The summed E-state index contributed by atoms with van der Waals surface area (Å²) in [6.45, 7) is 0. The molecule has 0 aliphatic carbocycles. The monoisotopic (exact) mass is 195 g/mol. The fourth-order valence-corrected chi connectivity index (χ4v) is 1.70. The van der Waals surface area contributed by atoms with Crippen LogP contribution in [0.2, 0.25) is 0 Å². The van der Waals surface area contributed by atoms with E-state index in [0.29, 0.717) is 10.6 Å². The summed E-state index contributed by atoms with van der Waals surface area (Å²) in [5.41, 5.74) is 0.542. The zero-order chi connectivity index (χ0) is 9.26. The average Bonchev–Trinajstić information content (AvgIpc) is 2.74. The SMILES string of the molecule is O=[N+]([O-])c1[nH]ccc1-c1nccs1. The summed E-state index contributed by atoms with van der Waals surface area (Å²) in [5.74, 6) is -0.00468. The maximum absolute atomic E-state index is 10.5. The Hall–Kier alpha value is -1.69. The first-order valence-corrected chi connectivity index (χ1v) is 4.38. The van der Waals surface area contributed by atoms with Crippen LogP contribution in [-0.2, 0) is 0 Å². The van der Waals surface area contributed by atoms with Crippen LogP contribution in [-0.4, -0.2) is 14.9 Å². The fourth-order valence-electron chi connectivity index (χ4n) is 1.04. The molecule has 13 heavy (non-hydrogen) atoms. The number of nitrogens with one attached hydrogen (secondary N) is 1. The van der Waals surface area contributed by atoms with Gasteiger partial charge in [-0.05, 0) is 11.0 Å². The van der Waals surface area contributed by atoms with Crippen molar-refractivity contribution in [2.75, 3.05) is 0 Å². The minimum atomic E-state index is -0.448. The molecule has 5 nitrogen and oxygen atoms in total. The van der Waals surface area contributed by atoms with Crippen molar-refractivity contribution in [2.24, 2.45) is 0 Å². The second-order valence-corrected chi connectivity index (χ2v) is 3.23. The Morgan fingerprint density at radius 2 is 2.46 bits per heavy atom. The first-order chi connectivity index (χ1) is 6.29. The van der Waals surface area contributed by atoms with Crippen molar-refractivity contribution in [1.82, 2.24) is 9.97 Å². The van der Waals surface area contributed by atoms with E-state index in [4.69, 9.17) is 0 Å². The smallest absolute Gasteiger partial charge is 0.331 e. The van der Waals surface area contributed by atoms with Crippen molar-refractivity contribution in [3.63, 3.8) is 0 Å². The van der Waals surface area contributed by atoms with Crippen LogP contribution in [0.4, 0.5) is 5.82 Å². The third kappa shape index (κ3) is 1.31. The summed E-state index contributed by atoms with van der Waals surface area (Å²) in [7, 11) is 0. The summed E-state index contributed by atoms with van der Waals surface area (Å²) >= 11 is 1.38. The number of nitrogens with zero attached hydrogens (tertiary/aromatic N) is 2. The van der Waals surface area contributed by atoms with Crippen LogP contribution >= 0.6 is 11.3 Å². The Bertz CT molecular complexity index is 421. The Balaban J connectivity index is 2.52. The Kier molecular flexibility index (Phi) is 1.82. The highest BCUT2D eigenvalue weighted by Crippen LogP contribution is 2.29. The van der Waals surface area contributed by atoms with E-state index in [2.05, 4.69) is 9.97 Å². The summed E-state index contributed by atoms with van der Waals surface area (Å²) < 4.78 is 0. The minimum absolute atomic E-state index is 0.00468. The number of nitro groups is 1. The van der Waals surface area contributed by atoms with E-state index in [-0.39, 0.29) is 5.82 Å². The number of aromatic amines is 1. The van der Waals surface area contributed by atoms with E-state index in [0.717, 1.165) is 0 Å². The molecule has 0 saturated carbocycles. The molecule has 0 aliphatic rings. The standard InChI is InChI=1S/C7H5N3O2S/c11-10(12)6-5(1-2-8-6)7-9-3-4-13-7/h1-4,8H. The van der Waals surface area contributed by atoms with Crippen molar-refractivity contribution in [2.45, 2.75) is 0 Å². The zero-order valence-corrected chi connectivity index (χ0v) is 7.25. The minimum Gasteiger partial charge on any atom is -0.358 e. The Morgan fingerprint density at radius 3 is 3.08 bits per heavy atom. The molecule has 0 spiro atoms. The number of rotatable bonds is 2. The molecule has 2 aromatic heterocycles. The third-order valence-corrected chi connectivity index (χ3v) is 2.38. The molecular formula is C7H5N3O2S. The van der Waals surface area contributed by atoms with Crippen molar-refractivity contribution in [1.29, 1.82) is 0 Å². The average molecular weight is 195 g/mol. The zero-order valence-electron chi connectivity index (χ0n) is 6.43. The quantitative estimate of drug-likeness (QED) is 0.588. The molecule has 6 heteroatoms. The van der Waals surface area contributed by atoms with E-state index >= 15 is 0 Å². The lowest BCUT2D eigenvalue weighted by Crippen LogP contribution is -1.89. The van der Waals surface area contributed by atoms with Crippen LogP contribution in [0.25, 0.3) is 10.6 Å². The fraction of sp³-hybridized carbons (Fsp3) is 0. The summed E-state index contributed by atoms with van der Waals surface area (Å²) in [5, 5.41) is 13.0. The van der Waals surface area contributed by atoms with Gasteiger partial charge in [0.15, 0.2) is 0 Å². The van der Waals surface area contributed by atoms with Crippen LogP contribution in [0, 0.1) is 10.1 Å². The van der Waals surface area contributed by atoms with Crippen LogP contribution in [0.1, 0.15) is 0 Å². The van der Waals surface area contributed by atoms with E-state index in [9.17, 15) is 10.1 Å². The molecule has 0 saturated heterocycles. The third-order valence-electron chi connectivity index (χ3n) is 1.57. The van der Waals surface area contributed by atoms with Gasteiger partial charge in [0.1, 0.15) is 10.6 Å². The number of aromatic nitrogens is 2. The molecule has 1 N–H and O–H groups in total. The lowest BCUT2D eigenvalue weighted by atomic mass is 10.3. The predicted octanol–water partition coefficient (Wildman–Crippen LogP) is 2.05. The van der Waals surface area contributed by atoms with Gasteiger partial charge < -0.3 is 10.1 Å². The first-order valence-electron chi connectivity index (χ1n) is 3.50. The van der Waals surface area contributed by atoms with E-state index in [1.165, 1.54) is 17.5 Å². The van der Waals surface area contributed by atoms with Crippen LogP contribution in [0.5, 0.6) is 0 Å². The molecule has 0 fully saturated rings. The van der Waals surface area contributed by atoms with Crippen molar-refractivity contribution < 1.29 is 4.92 Å². The lowest BCUT2D eigenvalue weighted by Gasteiger charge is -1.93. The molecule has 0 aliphatic heterocycles. The molecule has 0 unspecified atom stereocenters. The van der Waals surface area contributed by atoms with E-state index < -0.39 is 4.92 Å². The van der Waals surface area contributed by atoms with Crippen LogP contribution in [0.3, 0.4) is 0 Å².